The van der Waals surface area contributed by atoms with Gasteiger partial charge in [-0.2, -0.15) is 0 Å². The molecule has 0 heterocycles. The zero-order valence-electron chi connectivity index (χ0n) is 7.50. The second kappa shape index (κ2) is 3.05. The molecular formula is C11H11NO. The van der Waals surface area contributed by atoms with Gasteiger partial charge < -0.3 is 5.32 Å². The van der Waals surface area contributed by atoms with Crippen molar-refractivity contribution in [3.63, 3.8) is 0 Å². The lowest BCUT2D eigenvalue weighted by molar-refractivity contribution is 0.0954. The highest BCUT2D eigenvalue weighted by atomic mass is 16.1. The van der Waals surface area contributed by atoms with Gasteiger partial charge in [0.1, 0.15) is 0 Å². The molecule has 1 aromatic rings. The molecule has 1 N–H and O–H groups in total. The molecule has 1 amide bonds. The molecule has 13 heavy (non-hydrogen) atoms. The van der Waals surface area contributed by atoms with Crippen molar-refractivity contribution in [1.29, 1.82) is 0 Å². The molecule has 2 heteroatoms. The van der Waals surface area contributed by atoms with E-state index in [2.05, 4.69) is 5.32 Å². The summed E-state index contributed by atoms with van der Waals surface area (Å²) in [5.41, 5.74) is 0.779. The zero-order valence-corrected chi connectivity index (χ0v) is 7.50. The highest BCUT2D eigenvalue weighted by molar-refractivity contribution is 5.96. The van der Waals surface area contributed by atoms with Crippen LogP contribution in [0.25, 0.3) is 12.2 Å². The molecule has 0 aromatic heterocycles. The maximum atomic E-state index is 11.5. The van der Waals surface area contributed by atoms with Gasteiger partial charge in [0.2, 0.25) is 0 Å². The summed E-state index contributed by atoms with van der Waals surface area (Å²) in [5, 5.41) is 5.01. The summed E-state index contributed by atoms with van der Waals surface area (Å²) in [6, 6.07) is 5.78. The van der Waals surface area contributed by atoms with Crippen LogP contribution in [0.4, 0.5) is 0 Å². The Morgan fingerprint density at radius 3 is 2.85 bits per heavy atom. The van der Waals surface area contributed by atoms with Crippen LogP contribution < -0.4 is 15.8 Å². The summed E-state index contributed by atoms with van der Waals surface area (Å²) in [6.45, 7) is 2.59. The Balaban J connectivity index is 2.43. The van der Waals surface area contributed by atoms with Crippen molar-refractivity contribution in [2.45, 2.75) is 6.92 Å². The van der Waals surface area contributed by atoms with E-state index in [1.807, 2.05) is 37.3 Å². The number of hydrogen-bond donors (Lipinski definition) is 1. The molecule has 66 valence electrons. The Bertz CT molecular complexity index is 459. The molecule has 0 aliphatic heterocycles. The normalized spacial score (nSPS) is 11.8. The Kier molecular flexibility index (Phi) is 1.89. The highest BCUT2D eigenvalue weighted by Gasteiger charge is 2.07. The number of rotatable bonds is 2. The van der Waals surface area contributed by atoms with Crippen LogP contribution in [-0.4, -0.2) is 12.5 Å². The van der Waals surface area contributed by atoms with E-state index in [-0.39, 0.29) is 5.91 Å². The fourth-order valence-corrected chi connectivity index (χ4v) is 1.45. The first-order valence-electron chi connectivity index (χ1n) is 4.42. The number of nitrogens with one attached hydrogen (secondary N) is 1. The van der Waals surface area contributed by atoms with E-state index in [0.717, 1.165) is 16.0 Å². The molecule has 2 rings (SSSR count). The summed E-state index contributed by atoms with van der Waals surface area (Å²) >= 11 is 0. The van der Waals surface area contributed by atoms with Gasteiger partial charge in [-0.05, 0) is 23.4 Å². The topological polar surface area (TPSA) is 29.1 Å². The van der Waals surface area contributed by atoms with Gasteiger partial charge in [0.05, 0.1) is 0 Å². The summed E-state index contributed by atoms with van der Waals surface area (Å²) in [7, 11) is 0. The van der Waals surface area contributed by atoms with Gasteiger partial charge in [-0.25, -0.2) is 0 Å². The third-order valence-electron chi connectivity index (χ3n) is 2.15. The summed E-state index contributed by atoms with van der Waals surface area (Å²) in [6.07, 6.45) is 3.98. The molecule has 0 saturated carbocycles. The molecule has 0 spiro atoms. The minimum absolute atomic E-state index is 0.0173. The average molecular weight is 173 g/mol. The number of benzene rings is 1. The molecular weight excluding hydrogens is 162 g/mol. The Labute approximate surface area is 76.6 Å². The predicted molar refractivity (Wildman–Crippen MR) is 52.6 cm³/mol. The van der Waals surface area contributed by atoms with Gasteiger partial charge in [-0.3, -0.25) is 4.79 Å². The summed E-state index contributed by atoms with van der Waals surface area (Å²) in [4.78, 5) is 11.5. The number of carbonyl (C=O) groups excluding carboxylic acids is 1. The smallest absolute Gasteiger partial charge is 0.251 e. The predicted octanol–water partition coefficient (Wildman–Crippen LogP) is 0.0109. The number of fused-ring (bicyclic) bond motifs is 1. The van der Waals surface area contributed by atoms with Crippen LogP contribution in [0.15, 0.2) is 18.2 Å². The zero-order chi connectivity index (χ0) is 9.26. The molecule has 0 saturated heterocycles. The number of hydrogen-bond acceptors (Lipinski definition) is 1. The van der Waals surface area contributed by atoms with Crippen LogP contribution in [0.3, 0.4) is 0 Å². The van der Waals surface area contributed by atoms with Gasteiger partial charge in [-0.15, -0.1) is 0 Å². The molecule has 0 unspecified atom stereocenters. The minimum Gasteiger partial charge on any atom is -0.352 e. The van der Waals surface area contributed by atoms with Crippen LogP contribution in [0.2, 0.25) is 0 Å². The van der Waals surface area contributed by atoms with E-state index >= 15 is 0 Å². The van der Waals surface area contributed by atoms with Gasteiger partial charge >= 0.3 is 0 Å². The van der Waals surface area contributed by atoms with Crippen molar-refractivity contribution in [2.75, 3.05) is 6.54 Å². The lowest BCUT2D eigenvalue weighted by Crippen LogP contribution is -2.38. The molecule has 0 radical (unpaired) electrons. The second-order valence-corrected chi connectivity index (χ2v) is 3.00. The quantitative estimate of drug-likeness (QED) is 0.670. The number of amides is 1. The largest absolute Gasteiger partial charge is 0.352 e. The van der Waals surface area contributed by atoms with Crippen molar-refractivity contribution < 1.29 is 4.79 Å². The lowest BCUT2D eigenvalue weighted by atomic mass is 10.0. The van der Waals surface area contributed by atoms with Crippen LogP contribution in [0.5, 0.6) is 0 Å². The van der Waals surface area contributed by atoms with Crippen molar-refractivity contribution in [1.82, 2.24) is 5.32 Å². The van der Waals surface area contributed by atoms with Crippen molar-refractivity contribution >= 4 is 18.1 Å². The third-order valence-corrected chi connectivity index (χ3v) is 2.15. The lowest BCUT2D eigenvalue weighted by Gasteiger charge is -2.06. The Morgan fingerprint density at radius 2 is 2.23 bits per heavy atom. The van der Waals surface area contributed by atoms with E-state index in [1.54, 1.807) is 0 Å². The first kappa shape index (κ1) is 8.05. The molecule has 1 aromatic carbocycles. The van der Waals surface area contributed by atoms with Crippen LogP contribution in [0.1, 0.15) is 17.3 Å². The van der Waals surface area contributed by atoms with E-state index in [9.17, 15) is 4.79 Å². The van der Waals surface area contributed by atoms with E-state index in [4.69, 9.17) is 0 Å². The van der Waals surface area contributed by atoms with Gasteiger partial charge in [-0.1, -0.05) is 24.3 Å². The van der Waals surface area contributed by atoms with Gasteiger partial charge in [0.25, 0.3) is 5.91 Å². The van der Waals surface area contributed by atoms with Crippen molar-refractivity contribution in [3.8, 4) is 0 Å². The maximum Gasteiger partial charge on any atom is 0.251 e. The van der Waals surface area contributed by atoms with Gasteiger partial charge in [0.15, 0.2) is 0 Å². The fourth-order valence-electron chi connectivity index (χ4n) is 1.45. The summed E-state index contributed by atoms with van der Waals surface area (Å²) < 4.78 is 0. The van der Waals surface area contributed by atoms with Crippen molar-refractivity contribution in [2.24, 2.45) is 0 Å². The van der Waals surface area contributed by atoms with E-state index in [0.29, 0.717) is 6.54 Å². The highest BCUT2D eigenvalue weighted by Crippen LogP contribution is 1.92. The molecule has 0 atom stereocenters. The van der Waals surface area contributed by atoms with Gasteiger partial charge in [0, 0.05) is 12.1 Å². The standard InChI is InChI=1S/C11H11NO/c1-2-12-11(13)10-5-3-4-8-6-7-9(8)10/h3-7H,2H2,1H3,(H,12,13). The molecule has 1 aliphatic rings. The Morgan fingerprint density at radius 1 is 1.38 bits per heavy atom. The third kappa shape index (κ3) is 1.24. The van der Waals surface area contributed by atoms with E-state index < -0.39 is 0 Å². The van der Waals surface area contributed by atoms with Crippen LogP contribution in [0, 0.1) is 0 Å². The fraction of sp³-hybridized carbons (Fsp3) is 0.182. The first-order valence-corrected chi connectivity index (χ1v) is 4.42. The average Bonchev–Trinajstić information content (AvgIpc) is 2.07. The molecule has 0 fully saturated rings. The number of carbonyl (C=O) groups is 1. The minimum atomic E-state index is 0.0173. The second-order valence-electron chi connectivity index (χ2n) is 3.00. The van der Waals surface area contributed by atoms with E-state index in [1.165, 1.54) is 0 Å². The summed E-state index contributed by atoms with van der Waals surface area (Å²) in [5.74, 6) is 0.0173. The van der Waals surface area contributed by atoms with Crippen LogP contribution in [-0.2, 0) is 0 Å². The van der Waals surface area contributed by atoms with Crippen LogP contribution >= 0.6 is 0 Å². The molecule has 1 aliphatic carbocycles. The molecule has 0 bridgehead atoms. The first-order chi connectivity index (χ1) is 6.33. The monoisotopic (exact) mass is 173 g/mol. The molecule has 2 nitrogen and oxygen atoms in total. The SMILES string of the molecule is CCNC(=O)c1cccc2c1=CC=2. The Hall–Kier alpha value is -1.57. The van der Waals surface area contributed by atoms with Crippen molar-refractivity contribution in [3.05, 3.63) is 34.2 Å². The maximum absolute atomic E-state index is 11.5.